The van der Waals surface area contributed by atoms with Crippen molar-refractivity contribution in [1.82, 2.24) is 15.3 Å². The lowest BCUT2D eigenvalue weighted by atomic mass is 10.0. The summed E-state index contributed by atoms with van der Waals surface area (Å²) in [6.45, 7) is 4.52. The van der Waals surface area contributed by atoms with E-state index < -0.39 is 0 Å². The van der Waals surface area contributed by atoms with E-state index in [1.165, 1.54) is 18.0 Å². The summed E-state index contributed by atoms with van der Waals surface area (Å²) in [6, 6.07) is 1.68. The summed E-state index contributed by atoms with van der Waals surface area (Å²) in [5, 5.41) is 2.82. The van der Waals surface area contributed by atoms with E-state index in [0.29, 0.717) is 28.8 Å². The fraction of sp³-hybridized carbons (Fsp3) is 0.294. The molecule has 2 heterocycles. The van der Waals surface area contributed by atoms with Crippen LogP contribution in [0.1, 0.15) is 28.4 Å². The third kappa shape index (κ3) is 3.27. The maximum absolute atomic E-state index is 12.6. The summed E-state index contributed by atoms with van der Waals surface area (Å²) in [6.07, 6.45) is 3.26. The Kier molecular flexibility index (Phi) is 5.45. The number of thioether (sulfide) groups is 1. The number of carbonyl (C=O) groups excluding carboxylic acids is 1. The fourth-order valence-corrected chi connectivity index (χ4v) is 3.94. The van der Waals surface area contributed by atoms with Gasteiger partial charge in [0.25, 0.3) is 5.56 Å². The molecule has 138 valence electrons. The highest BCUT2D eigenvalue weighted by Gasteiger charge is 2.24. The number of hydrogen-bond acceptors (Lipinski definition) is 6. The molecule has 3 rings (SSSR count). The summed E-state index contributed by atoms with van der Waals surface area (Å²) in [5.41, 5.74) is 4.85. The van der Waals surface area contributed by atoms with Crippen molar-refractivity contribution in [3.8, 4) is 5.75 Å². The second kappa shape index (κ2) is 7.61. The molecule has 7 nitrogen and oxygen atoms in total. The standard InChI is InChI=1S/C17H18ClN3O4S/c1-4-21-16(22)10(8-19-21)17(23)26-13-7-11(18)15-14(9(13)2)12(20-24-3)5-6-25-15/h5,7-8,19-20H,4,6H2,1-3H3. The average molecular weight is 396 g/mol. The predicted octanol–water partition coefficient (Wildman–Crippen LogP) is 2.97. The number of H-pyrrole nitrogens is 1. The van der Waals surface area contributed by atoms with Gasteiger partial charge in [-0.2, -0.15) is 0 Å². The van der Waals surface area contributed by atoms with Gasteiger partial charge in [-0.05, 0) is 43.3 Å². The first-order valence-electron chi connectivity index (χ1n) is 7.93. The van der Waals surface area contributed by atoms with Gasteiger partial charge in [0.2, 0.25) is 5.12 Å². The molecular formula is C17H18ClN3O4S. The van der Waals surface area contributed by atoms with E-state index in [1.807, 2.05) is 19.9 Å². The SMILES string of the molecule is CCn1[nH]cc(C(=O)Sc2cc(Cl)c3c(c2C)C(NOC)=CCO3)c1=O. The molecule has 0 bridgehead atoms. The minimum Gasteiger partial charge on any atom is -0.487 e. The molecular weight excluding hydrogens is 378 g/mol. The monoisotopic (exact) mass is 395 g/mol. The van der Waals surface area contributed by atoms with E-state index in [4.69, 9.17) is 21.2 Å². The average Bonchev–Trinajstić information content (AvgIpc) is 3.00. The van der Waals surface area contributed by atoms with Gasteiger partial charge in [0.1, 0.15) is 17.9 Å². The minimum atomic E-state index is -0.348. The first-order chi connectivity index (χ1) is 12.5. The Balaban J connectivity index is 1.99. The fourth-order valence-electron chi connectivity index (χ4n) is 2.73. The molecule has 0 unspecified atom stereocenters. The molecule has 0 atom stereocenters. The van der Waals surface area contributed by atoms with Gasteiger partial charge in [0, 0.05) is 23.2 Å². The van der Waals surface area contributed by atoms with Gasteiger partial charge in [0.05, 0.1) is 17.8 Å². The number of rotatable bonds is 5. The molecule has 0 radical (unpaired) electrons. The van der Waals surface area contributed by atoms with Crippen molar-refractivity contribution in [3.05, 3.63) is 50.4 Å². The van der Waals surface area contributed by atoms with Crippen LogP contribution in [0.15, 0.2) is 28.0 Å². The van der Waals surface area contributed by atoms with Crippen molar-refractivity contribution in [2.24, 2.45) is 0 Å². The highest BCUT2D eigenvalue weighted by atomic mass is 35.5. The molecule has 0 spiro atoms. The number of hydrogen-bond donors (Lipinski definition) is 2. The van der Waals surface area contributed by atoms with Crippen LogP contribution < -0.4 is 15.8 Å². The number of hydroxylamine groups is 1. The largest absolute Gasteiger partial charge is 0.487 e. The van der Waals surface area contributed by atoms with Crippen LogP contribution in [-0.2, 0) is 11.4 Å². The van der Waals surface area contributed by atoms with Gasteiger partial charge in [0.15, 0.2) is 0 Å². The van der Waals surface area contributed by atoms with Crippen molar-refractivity contribution in [3.63, 3.8) is 0 Å². The quantitative estimate of drug-likeness (QED) is 0.598. The number of carbonyl (C=O) groups is 1. The van der Waals surface area contributed by atoms with Crippen LogP contribution >= 0.6 is 23.4 Å². The predicted molar refractivity (Wildman–Crippen MR) is 101 cm³/mol. The smallest absolute Gasteiger partial charge is 0.278 e. The van der Waals surface area contributed by atoms with Crippen LogP contribution in [0.3, 0.4) is 0 Å². The lowest BCUT2D eigenvalue weighted by Crippen LogP contribution is -2.20. The number of halogens is 1. The van der Waals surface area contributed by atoms with E-state index in [-0.39, 0.29) is 16.2 Å². The van der Waals surface area contributed by atoms with Crippen molar-refractivity contribution in [1.29, 1.82) is 0 Å². The lowest BCUT2D eigenvalue weighted by Gasteiger charge is -2.23. The normalized spacial score (nSPS) is 13.0. The van der Waals surface area contributed by atoms with Crippen molar-refractivity contribution in [2.75, 3.05) is 13.7 Å². The Morgan fingerprint density at radius 2 is 2.31 bits per heavy atom. The summed E-state index contributed by atoms with van der Waals surface area (Å²) < 4.78 is 7.01. The van der Waals surface area contributed by atoms with Crippen LogP contribution in [0, 0.1) is 6.92 Å². The number of ether oxygens (including phenoxy) is 1. The summed E-state index contributed by atoms with van der Waals surface area (Å²) in [4.78, 5) is 30.4. The molecule has 1 aromatic carbocycles. The number of nitrogens with one attached hydrogen (secondary N) is 2. The van der Waals surface area contributed by atoms with Crippen molar-refractivity contribution < 1.29 is 14.4 Å². The molecule has 1 aromatic heterocycles. The molecule has 0 saturated carbocycles. The van der Waals surface area contributed by atoms with E-state index in [9.17, 15) is 9.59 Å². The van der Waals surface area contributed by atoms with Crippen LogP contribution in [0.25, 0.3) is 5.70 Å². The topological polar surface area (TPSA) is 85.3 Å². The highest BCUT2D eigenvalue weighted by Crippen LogP contribution is 2.42. The zero-order valence-electron chi connectivity index (χ0n) is 14.5. The molecule has 1 aliphatic heterocycles. The van der Waals surface area contributed by atoms with Crippen molar-refractivity contribution in [2.45, 2.75) is 25.3 Å². The van der Waals surface area contributed by atoms with Crippen LogP contribution in [0.4, 0.5) is 0 Å². The molecule has 26 heavy (non-hydrogen) atoms. The Morgan fingerprint density at radius 3 is 2.96 bits per heavy atom. The van der Waals surface area contributed by atoms with Gasteiger partial charge < -0.3 is 9.84 Å². The first-order valence-corrected chi connectivity index (χ1v) is 9.13. The first kappa shape index (κ1) is 18.6. The number of aromatic nitrogens is 2. The van der Waals surface area contributed by atoms with Crippen LogP contribution in [0.5, 0.6) is 5.75 Å². The Morgan fingerprint density at radius 1 is 1.54 bits per heavy atom. The van der Waals surface area contributed by atoms with Gasteiger partial charge >= 0.3 is 0 Å². The maximum Gasteiger partial charge on any atom is 0.278 e. The van der Waals surface area contributed by atoms with E-state index in [2.05, 4.69) is 10.6 Å². The van der Waals surface area contributed by atoms with E-state index in [1.54, 1.807) is 6.07 Å². The van der Waals surface area contributed by atoms with Gasteiger partial charge in [-0.15, -0.1) is 0 Å². The Labute approximate surface area is 159 Å². The highest BCUT2D eigenvalue weighted by molar-refractivity contribution is 8.14. The number of nitrogens with zero attached hydrogens (tertiary/aromatic N) is 1. The molecule has 2 aromatic rings. The second-order valence-corrected chi connectivity index (χ2v) is 6.97. The Hall–Kier alpha value is -2.16. The van der Waals surface area contributed by atoms with E-state index >= 15 is 0 Å². The second-order valence-electron chi connectivity index (χ2n) is 5.55. The van der Waals surface area contributed by atoms with Gasteiger partial charge in [-0.3, -0.25) is 24.6 Å². The number of aryl methyl sites for hydroxylation is 1. The van der Waals surface area contributed by atoms with E-state index in [0.717, 1.165) is 28.6 Å². The number of aromatic amines is 1. The van der Waals surface area contributed by atoms with Crippen LogP contribution in [0.2, 0.25) is 5.02 Å². The molecule has 1 aliphatic rings. The minimum absolute atomic E-state index is 0.104. The van der Waals surface area contributed by atoms with Crippen molar-refractivity contribution >= 4 is 34.2 Å². The molecule has 0 aliphatic carbocycles. The molecule has 0 fully saturated rings. The third-order valence-corrected chi connectivity index (χ3v) is 5.35. The molecule has 0 saturated heterocycles. The summed E-state index contributed by atoms with van der Waals surface area (Å²) in [7, 11) is 1.51. The number of benzene rings is 1. The molecule has 0 amide bonds. The lowest BCUT2D eigenvalue weighted by molar-refractivity contribution is 0.108. The zero-order valence-corrected chi connectivity index (χ0v) is 16.1. The Bertz CT molecular complexity index is 948. The third-order valence-electron chi connectivity index (χ3n) is 4.02. The van der Waals surface area contributed by atoms with Gasteiger partial charge in [-0.1, -0.05) is 11.6 Å². The van der Waals surface area contributed by atoms with Crippen LogP contribution in [-0.4, -0.2) is 28.6 Å². The molecule has 9 heteroatoms. The molecule has 2 N–H and O–H groups in total. The number of fused-ring (bicyclic) bond motifs is 1. The summed E-state index contributed by atoms with van der Waals surface area (Å²) >= 11 is 7.31. The van der Waals surface area contributed by atoms with Gasteiger partial charge in [-0.25, -0.2) is 0 Å². The summed E-state index contributed by atoms with van der Waals surface area (Å²) in [5.74, 6) is 0.540. The maximum atomic E-state index is 12.6. The zero-order chi connectivity index (χ0) is 18.8.